The molecule has 1 aliphatic rings. The van der Waals surface area contributed by atoms with E-state index < -0.39 is 29.3 Å². The Morgan fingerprint density at radius 1 is 1.19 bits per heavy atom. The molecule has 0 atom stereocenters. The summed E-state index contributed by atoms with van der Waals surface area (Å²) in [5, 5.41) is 11.7. The number of likely N-dealkylation sites (tertiary alicyclic amines) is 1. The number of hydrogen-bond acceptors (Lipinski definition) is 5. The first-order valence-electron chi connectivity index (χ1n) is 8.27. The molecule has 8 heteroatoms. The normalized spacial score (nSPS) is 15.6. The van der Waals surface area contributed by atoms with Crippen molar-refractivity contribution in [1.29, 1.82) is 0 Å². The van der Waals surface area contributed by atoms with Crippen LogP contribution in [0.4, 0.5) is 9.59 Å². The minimum atomic E-state index is -1.07. The molecule has 1 aromatic carbocycles. The molecule has 1 heterocycles. The molecule has 1 saturated heterocycles. The summed E-state index contributed by atoms with van der Waals surface area (Å²) in [6, 6.07) is 9.22. The van der Waals surface area contributed by atoms with Gasteiger partial charge in [0.15, 0.2) is 0 Å². The van der Waals surface area contributed by atoms with Gasteiger partial charge in [-0.2, -0.15) is 0 Å². The van der Waals surface area contributed by atoms with Crippen LogP contribution in [0.15, 0.2) is 30.3 Å². The second-order valence-electron chi connectivity index (χ2n) is 7.37. The first kappa shape index (κ1) is 19.6. The number of aliphatic carboxylic acids is 1. The monoisotopic (exact) mass is 364 g/mol. The molecule has 0 unspecified atom stereocenters. The van der Waals surface area contributed by atoms with Crippen LogP contribution < -0.4 is 5.32 Å². The maximum absolute atomic E-state index is 12.1. The van der Waals surface area contributed by atoms with E-state index in [1.165, 1.54) is 4.90 Å². The smallest absolute Gasteiger partial charge is 0.410 e. The Kier molecular flexibility index (Phi) is 5.74. The third kappa shape index (κ3) is 5.65. The summed E-state index contributed by atoms with van der Waals surface area (Å²) in [6.45, 7) is 5.36. The molecule has 26 heavy (non-hydrogen) atoms. The summed E-state index contributed by atoms with van der Waals surface area (Å²) in [4.78, 5) is 36.6. The third-order valence-electron chi connectivity index (χ3n) is 3.71. The van der Waals surface area contributed by atoms with E-state index in [-0.39, 0.29) is 26.1 Å². The molecule has 0 aromatic heterocycles. The molecule has 0 saturated carbocycles. The zero-order valence-corrected chi connectivity index (χ0v) is 15.2. The molecule has 1 aromatic rings. The Labute approximate surface area is 152 Å². The third-order valence-corrected chi connectivity index (χ3v) is 3.71. The summed E-state index contributed by atoms with van der Waals surface area (Å²) >= 11 is 0. The summed E-state index contributed by atoms with van der Waals surface area (Å²) < 4.78 is 10.4. The summed E-state index contributed by atoms with van der Waals surface area (Å²) in [6.07, 6.45) is -1.58. The highest BCUT2D eigenvalue weighted by molar-refractivity contribution is 5.76. The van der Waals surface area contributed by atoms with E-state index in [9.17, 15) is 14.4 Å². The van der Waals surface area contributed by atoms with Crippen LogP contribution in [-0.2, 0) is 20.9 Å². The number of benzene rings is 1. The number of carbonyl (C=O) groups excluding carboxylic acids is 2. The van der Waals surface area contributed by atoms with Gasteiger partial charge in [-0.15, -0.1) is 0 Å². The van der Waals surface area contributed by atoms with E-state index in [0.29, 0.717) is 0 Å². The number of hydrogen-bond donors (Lipinski definition) is 2. The predicted octanol–water partition coefficient (Wildman–Crippen LogP) is 2.38. The highest BCUT2D eigenvalue weighted by Crippen LogP contribution is 2.26. The lowest BCUT2D eigenvalue weighted by Crippen LogP contribution is -2.72. The molecule has 0 bridgehead atoms. The van der Waals surface area contributed by atoms with Gasteiger partial charge in [-0.3, -0.25) is 4.79 Å². The van der Waals surface area contributed by atoms with Crippen LogP contribution >= 0.6 is 0 Å². The SMILES string of the molecule is CC(C)(C)OC(=O)NC1(CC(=O)O)CN(C(=O)OCc2ccccc2)C1. The molecule has 1 fully saturated rings. The first-order valence-corrected chi connectivity index (χ1v) is 8.27. The lowest BCUT2D eigenvalue weighted by atomic mass is 9.86. The number of rotatable bonds is 5. The molecule has 0 spiro atoms. The average Bonchev–Trinajstić information content (AvgIpc) is 2.48. The van der Waals surface area contributed by atoms with Crippen LogP contribution in [0.1, 0.15) is 32.8 Å². The van der Waals surface area contributed by atoms with Crippen LogP contribution in [0.25, 0.3) is 0 Å². The average molecular weight is 364 g/mol. The van der Waals surface area contributed by atoms with Gasteiger partial charge in [0, 0.05) is 13.1 Å². The first-order chi connectivity index (χ1) is 12.1. The second kappa shape index (κ2) is 7.63. The number of carboxylic acid groups (broad SMARTS) is 1. The Morgan fingerprint density at radius 2 is 1.81 bits per heavy atom. The van der Waals surface area contributed by atoms with Crippen molar-refractivity contribution >= 4 is 18.2 Å². The zero-order chi connectivity index (χ0) is 19.4. The van der Waals surface area contributed by atoms with Gasteiger partial charge in [0.05, 0.1) is 12.0 Å². The number of carbonyl (C=O) groups is 3. The zero-order valence-electron chi connectivity index (χ0n) is 15.2. The lowest BCUT2D eigenvalue weighted by Gasteiger charge is -2.48. The van der Waals surface area contributed by atoms with Gasteiger partial charge >= 0.3 is 18.2 Å². The predicted molar refractivity (Wildman–Crippen MR) is 92.6 cm³/mol. The number of nitrogens with zero attached hydrogens (tertiary/aromatic N) is 1. The molecule has 2 amide bonds. The molecule has 142 valence electrons. The van der Waals surface area contributed by atoms with Gasteiger partial charge in [0.25, 0.3) is 0 Å². The van der Waals surface area contributed by atoms with Gasteiger partial charge < -0.3 is 24.8 Å². The van der Waals surface area contributed by atoms with Gasteiger partial charge in [-0.25, -0.2) is 9.59 Å². The van der Waals surface area contributed by atoms with Crippen molar-refractivity contribution in [3.05, 3.63) is 35.9 Å². The molecular weight excluding hydrogens is 340 g/mol. The number of alkyl carbamates (subject to hydrolysis) is 1. The highest BCUT2D eigenvalue weighted by atomic mass is 16.6. The molecule has 0 radical (unpaired) electrons. The van der Waals surface area contributed by atoms with E-state index in [1.54, 1.807) is 20.8 Å². The topological polar surface area (TPSA) is 105 Å². The van der Waals surface area contributed by atoms with E-state index >= 15 is 0 Å². The standard InChI is InChI=1S/C18H24N2O6/c1-17(2,3)26-15(23)19-18(9-14(21)22)11-20(12-18)16(24)25-10-13-7-5-4-6-8-13/h4-8H,9-12H2,1-3H3,(H,19,23)(H,21,22). The molecule has 2 rings (SSSR count). The van der Waals surface area contributed by atoms with Gasteiger partial charge in [-0.05, 0) is 26.3 Å². The fourth-order valence-electron chi connectivity index (χ4n) is 2.67. The molecule has 2 N–H and O–H groups in total. The molecule has 1 aliphatic heterocycles. The molecule has 0 aliphatic carbocycles. The molecular formula is C18H24N2O6. The van der Waals surface area contributed by atoms with E-state index in [0.717, 1.165) is 5.56 Å². The van der Waals surface area contributed by atoms with Crippen molar-refractivity contribution in [3.8, 4) is 0 Å². The van der Waals surface area contributed by atoms with Gasteiger partial charge in [-0.1, -0.05) is 30.3 Å². The lowest BCUT2D eigenvalue weighted by molar-refractivity contribution is -0.140. The maximum atomic E-state index is 12.1. The Morgan fingerprint density at radius 3 is 2.35 bits per heavy atom. The summed E-state index contributed by atoms with van der Waals surface area (Å²) in [7, 11) is 0. The van der Waals surface area contributed by atoms with Crippen molar-refractivity contribution in [1.82, 2.24) is 10.2 Å². The Bertz CT molecular complexity index is 662. The highest BCUT2D eigenvalue weighted by Gasteiger charge is 2.49. The van der Waals surface area contributed by atoms with Gasteiger partial charge in [0.2, 0.25) is 0 Å². The van der Waals surface area contributed by atoms with Crippen LogP contribution in [0.2, 0.25) is 0 Å². The van der Waals surface area contributed by atoms with E-state index in [2.05, 4.69) is 5.32 Å². The van der Waals surface area contributed by atoms with Crippen molar-refractivity contribution < 1.29 is 29.0 Å². The largest absolute Gasteiger partial charge is 0.481 e. The van der Waals surface area contributed by atoms with E-state index in [1.807, 2.05) is 30.3 Å². The van der Waals surface area contributed by atoms with Crippen molar-refractivity contribution in [2.24, 2.45) is 0 Å². The fraction of sp³-hybridized carbons (Fsp3) is 0.500. The number of carboxylic acids is 1. The number of ether oxygens (including phenoxy) is 2. The minimum Gasteiger partial charge on any atom is -0.481 e. The maximum Gasteiger partial charge on any atom is 0.410 e. The Balaban J connectivity index is 1.90. The number of nitrogens with one attached hydrogen (secondary N) is 1. The number of amides is 2. The van der Waals surface area contributed by atoms with Gasteiger partial charge in [0.1, 0.15) is 12.2 Å². The van der Waals surface area contributed by atoms with Crippen LogP contribution in [0, 0.1) is 0 Å². The second-order valence-corrected chi connectivity index (χ2v) is 7.37. The van der Waals surface area contributed by atoms with Crippen LogP contribution in [-0.4, -0.2) is 52.4 Å². The fourth-order valence-corrected chi connectivity index (χ4v) is 2.67. The van der Waals surface area contributed by atoms with Crippen LogP contribution in [0.3, 0.4) is 0 Å². The van der Waals surface area contributed by atoms with Crippen molar-refractivity contribution in [2.45, 2.75) is 44.9 Å². The minimum absolute atomic E-state index is 0.0478. The Hall–Kier alpha value is -2.77. The van der Waals surface area contributed by atoms with Crippen molar-refractivity contribution in [2.75, 3.05) is 13.1 Å². The van der Waals surface area contributed by atoms with Crippen LogP contribution in [0.5, 0.6) is 0 Å². The van der Waals surface area contributed by atoms with E-state index in [4.69, 9.17) is 14.6 Å². The van der Waals surface area contributed by atoms with Crippen molar-refractivity contribution in [3.63, 3.8) is 0 Å². The quantitative estimate of drug-likeness (QED) is 0.831. The summed E-state index contributed by atoms with van der Waals surface area (Å²) in [5.41, 5.74) is -0.906. The summed E-state index contributed by atoms with van der Waals surface area (Å²) in [5.74, 6) is -1.07. The molecule has 8 nitrogen and oxygen atoms in total.